The molecule has 1 aromatic carbocycles. The van der Waals surface area contributed by atoms with Gasteiger partial charge >= 0.3 is 0 Å². The minimum Gasteiger partial charge on any atom is -0.353 e. The molecule has 1 aromatic rings. The van der Waals surface area contributed by atoms with Crippen LogP contribution in [-0.2, 0) is 9.59 Å². The molecule has 5 heteroatoms. The van der Waals surface area contributed by atoms with E-state index in [9.17, 15) is 9.59 Å². The molecule has 18 heavy (non-hydrogen) atoms. The Labute approximate surface area is 112 Å². The molecule has 0 aliphatic carbocycles. The van der Waals surface area contributed by atoms with Crippen LogP contribution in [0, 0.1) is 6.92 Å². The second kappa shape index (κ2) is 6.40. The third-order valence-electron chi connectivity index (χ3n) is 2.23. The lowest BCUT2D eigenvalue weighted by molar-refractivity contribution is -0.127. The lowest BCUT2D eigenvalue weighted by Crippen LogP contribution is -2.33. The van der Waals surface area contributed by atoms with Gasteiger partial charge < -0.3 is 10.6 Å². The monoisotopic (exact) mass is 268 g/mol. The zero-order valence-electron chi connectivity index (χ0n) is 10.7. The van der Waals surface area contributed by atoms with Gasteiger partial charge in [-0.2, -0.15) is 0 Å². The van der Waals surface area contributed by atoms with Crippen molar-refractivity contribution in [3.63, 3.8) is 0 Å². The summed E-state index contributed by atoms with van der Waals surface area (Å²) in [5.74, 6) is -0.645. The summed E-state index contributed by atoms with van der Waals surface area (Å²) in [7, 11) is 0. The minimum absolute atomic E-state index is 0.0270. The highest BCUT2D eigenvalue weighted by Gasteiger charge is 2.10. The maximum Gasteiger partial charge on any atom is 0.233 e. The molecule has 0 aromatic heterocycles. The highest BCUT2D eigenvalue weighted by atomic mass is 35.5. The fourth-order valence-corrected chi connectivity index (χ4v) is 1.58. The maximum absolute atomic E-state index is 11.6. The van der Waals surface area contributed by atoms with Gasteiger partial charge in [-0.1, -0.05) is 17.7 Å². The third kappa shape index (κ3) is 4.75. The average molecular weight is 269 g/mol. The predicted octanol–water partition coefficient (Wildman–Crippen LogP) is 2.50. The van der Waals surface area contributed by atoms with Gasteiger partial charge in [-0.25, -0.2) is 0 Å². The average Bonchev–Trinajstić information content (AvgIpc) is 2.21. The second-order valence-corrected chi connectivity index (χ2v) is 4.82. The van der Waals surface area contributed by atoms with Crippen molar-refractivity contribution in [1.82, 2.24) is 5.32 Å². The molecule has 0 aliphatic rings. The Hall–Kier alpha value is -1.55. The number of amides is 2. The molecule has 98 valence electrons. The van der Waals surface area contributed by atoms with Crippen LogP contribution in [0.2, 0.25) is 5.02 Å². The zero-order valence-corrected chi connectivity index (χ0v) is 11.5. The van der Waals surface area contributed by atoms with E-state index in [-0.39, 0.29) is 24.3 Å². The SMILES string of the molecule is Cc1ccc(NC(=O)CC(=O)NC(C)C)cc1Cl. The molecule has 2 amide bonds. The Kier molecular flexibility index (Phi) is 5.16. The molecule has 1 rings (SSSR count). The molecular formula is C13H17ClN2O2. The number of carbonyl (C=O) groups is 2. The molecule has 0 bridgehead atoms. The smallest absolute Gasteiger partial charge is 0.233 e. The normalized spacial score (nSPS) is 10.3. The topological polar surface area (TPSA) is 58.2 Å². The molecule has 0 radical (unpaired) electrons. The van der Waals surface area contributed by atoms with Crippen LogP contribution < -0.4 is 10.6 Å². The van der Waals surface area contributed by atoms with Crippen molar-refractivity contribution in [3.8, 4) is 0 Å². The molecule has 0 unspecified atom stereocenters. The molecule has 2 N–H and O–H groups in total. The minimum atomic E-state index is -0.354. The second-order valence-electron chi connectivity index (χ2n) is 4.41. The number of aryl methyl sites for hydroxylation is 1. The van der Waals surface area contributed by atoms with Crippen molar-refractivity contribution in [3.05, 3.63) is 28.8 Å². The van der Waals surface area contributed by atoms with E-state index in [4.69, 9.17) is 11.6 Å². The number of benzene rings is 1. The fraction of sp³-hybridized carbons (Fsp3) is 0.385. The molecule has 0 saturated heterocycles. The molecule has 0 fully saturated rings. The molecule has 0 spiro atoms. The number of nitrogens with one attached hydrogen (secondary N) is 2. The summed E-state index contributed by atoms with van der Waals surface area (Å²) in [5, 5.41) is 5.87. The number of carbonyl (C=O) groups excluding carboxylic acids is 2. The van der Waals surface area contributed by atoms with Gasteiger partial charge in [-0.05, 0) is 38.5 Å². The van der Waals surface area contributed by atoms with Gasteiger partial charge in [-0.15, -0.1) is 0 Å². The lowest BCUT2D eigenvalue weighted by atomic mass is 10.2. The van der Waals surface area contributed by atoms with E-state index in [0.29, 0.717) is 10.7 Å². The van der Waals surface area contributed by atoms with E-state index in [1.54, 1.807) is 12.1 Å². The quantitative estimate of drug-likeness (QED) is 0.825. The lowest BCUT2D eigenvalue weighted by Gasteiger charge is -2.09. The van der Waals surface area contributed by atoms with E-state index < -0.39 is 0 Å². The van der Waals surface area contributed by atoms with Gasteiger partial charge in [0.25, 0.3) is 0 Å². The predicted molar refractivity (Wildman–Crippen MR) is 72.7 cm³/mol. The van der Waals surface area contributed by atoms with E-state index in [0.717, 1.165) is 5.56 Å². The zero-order chi connectivity index (χ0) is 13.7. The van der Waals surface area contributed by atoms with Gasteiger partial charge in [0.2, 0.25) is 11.8 Å². The van der Waals surface area contributed by atoms with Crippen molar-refractivity contribution < 1.29 is 9.59 Å². The van der Waals surface area contributed by atoms with Crippen LogP contribution >= 0.6 is 11.6 Å². The molecule has 0 heterocycles. The van der Waals surface area contributed by atoms with Gasteiger partial charge in [-0.3, -0.25) is 9.59 Å². The van der Waals surface area contributed by atoms with Crippen LogP contribution in [-0.4, -0.2) is 17.9 Å². The number of anilines is 1. The first-order chi connectivity index (χ1) is 8.38. The van der Waals surface area contributed by atoms with Crippen LogP contribution in [0.4, 0.5) is 5.69 Å². The summed E-state index contributed by atoms with van der Waals surface area (Å²) in [6, 6.07) is 5.25. The number of hydrogen-bond donors (Lipinski definition) is 2. The highest BCUT2D eigenvalue weighted by molar-refractivity contribution is 6.31. The Morgan fingerprint density at radius 3 is 2.50 bits per heavy atom. The summed E-state index contributed by atoms with van der Waals surface area (Å²) in [6.07, 6.45) is -0.191. The Morgan fingerprint density at radius 1 is 1.28 bits per heavy atom. The van der Waals surface area contributed by atoms with Crippen molar-refractivity contribution in [2.24, 2.45) is 0 Å². The largest absolute Gasteiger partial charge is 0.353 e. The number of halogens is 1. The van der Waals surface area contributed by atoms with Gasteiger partial charge in [0.05, 0.1) is 0 Å². The van der Waals surface area contributed by atoms with Crippen molar-refractivity contribution >= 4 is 29.1 Å². The molecule has 0 atom stereocenters. The molecule has 0 aliphatic heterocycles. The Bertz CT molecular complexity index is 458. The molecule has 0 saturated carbocycles. The standard InChI is InChI=1S/C13H17ClN2O2/c1-8(2)15-12(17)7-13(18)16-10-5-4-9(3)11(14)6-10/h4-6,8H,7H2,1-3H3,(H,15,17)(H,16,18). The van der Waals surface area contributed by atoms with Crippen LogP contribution in [0.5, 0.6) is 0 Å². The maximum atomic E-state index is 11.6. The van der Waals surface area contributed by atoms with E-state index in [1.165, 1.54) is 0 Å². The third-order valence-corrected chi connectivity index (χ3v) is 2.63. The van der Waals surface area contributed by atoms with Crippen LogP contribution in [0.1, 0.15) is 25.8 Å². The van der Waals surface area contributed by atoms with Crippen LogP contribution in [0.15, 0.2) is 18.2 Å². The highest BCUT2D eigenvalue weighted by Crippen LogP contribution is 2.19. The summed E-state index contributed by atoms with van der Waals surface area (Å²) >= 11 is 5.94. The first kappa shape index (κ1) is 14.5. The van der Waals surface area contributed by atoms with E-state index >= 15 is 0 Å². The fourth-order valence-electron chi connectivity index (χ4n) is 1.39. The number of hydrogen-bond acceptors (Lipinski definition) is 2. The van der Waals surface area contributed by atoms with Crippen molar-refractivity contribution in [2.75, 3.05) is 5.32 Å². The summed E-state index contributed by atoms with van der Waals surface area (Å²) in [6.45, 7) is 5.56. The number of rotatable bonds is 4. The van der Waals surface area contributed by atoms with E-state index in [1.807, 2.05) is 26.8 Å². The molecular weight excluding hydrogens is 252 g/mol. The molecule has 4 nitrogen and oxygen atoms in total. The van der Waals surface area contributed by atoms with E-state index in [2.05, 4.69) is 10.6 Å². The summed E-state index contributed by atoms with van der Waals surface area (Å²) < 4.78 is 0. The van der Waals surface area contributed by atoms with Gasteiger partial charge in [0.15, 0.2) is 0 Å². The van der Waals surface area contributed by atoms with Crippen LogP contribution in [0.25, 0.3) is 0 Å². The summed E-state index contributed by atoms with van der Waals surface area (Å²) in [5.41, 5.74) is 1.53. The van der Waals surface area contributed by atoms with Gasteiger partial charge in [0.1, 0.15) is 6.42 Å². The van der Waals surface area contributed by atoms with Crippen molar-refractivity contribution in [2.45, 2.75) is 33.2 Å². The van der Waals surface area contributed by atoms with Gasteiger partial charge in [0, 0.05) is 16.8 Å². The van der Waals surface area contributed by atoms with Crippen LogP contribution in [0.3, 0.4) is 0 Å². The first-order valence-corrected chi connectivity index (χ1v) is 6.11. The Morgan fingerprint density at radius 2 is 1.94 bits per heavy atom. The summed E-state index contributed by atoms with van der Waals surface area (Å²) in [4.78, 5) is 23.0. The first-order valence-electron chi connectivity index (χ1n) is 5.74. The van der Waals surface area contributed by atoms with Crippen molar-refractivity contribution in [1.29, 1.82) is 0 Å². The Balaban J connectivity index is 2.54.